The van der Waals surface area contributed by atoms with Gasteiger partial charge in [-0.3, -0.25) is 0 Å². The molecule has 506 valence electrons. The molecule has 2 rings (SSSR count). The SMILES string of the molecule is CCCCCCCCCCCCCCCCCCCCCCCC[C@@H](C(=O)[O-])[C@H](O)CCCCCCCCCCCCCCCCCCCCCC1CC1CCCCCCCCCCC1CC1CCCCCCCCCCCCCCCCCC. The molecule has 3 heteroatoms. The quantitative estimate of drug-likeness (QED) is 0.0618. The molecule has 2 fully saturated rings. The van der Waals surface area contributed by atoms with Gasteiger partial charge in [-0.1, -0.05) is 457 Å². The summed E-state index contributed by atoms with van der Waals surface area (Å²) < 4.78 is 0. The van der Waals surface area contributed by atoms with Crippen molar-refractivity contribution in [1.82, 2.24) is 0 Å². The molecule has 6 atom stereocenters. The highest BCUT2D eigenvalue weighted by Crippen LogP contribution is 2.47. The third kappa shape index (κ3) is 57.1. The maximum absolute atomic E-state index is 11.9. The van der Waals surface area contributed by atoms with E-state index in [2.05, 4.69) is 13.8 Å². The fourth-order valence-corrected chi connectivity index (χ4v) is 15.3. The molecule has 0 spiro atoms. The van der Waals surface area contributed by atoms with E-state index in [9.17, 15) is 15.0 Å². The predicted molar refractivity (Wildman–Crippen MR) is 377 cm³/mol. The summed E-state index contributed by atoms with van der Waals surface area (Å²) in [5.74, 6) is 2.70. The molecule has 0 radical (unpaired) electrons. The Balaban J connectivity index is 1.18. The number of unbranched alkanes of at least 4 members (excludes halogenated alkanes) is 61. The van der Waals surface area contributed by atoms with Crippen LogP contribution in [-0.4, -0.2) is 17.2 Å². The zero-order valence-corrected chi connectivity index (χ0v) is 58.8. The van der Waals surface area contributed by atoms with Crippen LogP contribution in [0.15, 0.2) is 0 Å². The average Bonchev–Trinajstić information content (AvgIpc) is 4.64. The smallest absolute Gasteiger partial charge is 0.0620 e. The van der Waals surface area contributed by atoms with Crippen molar-refractivity contribution in [1.29, 1.82) is 0 Å². The van der Waals surface area contributed by atoms with Gasteiger partial charge in [-0.25, -0.2) is 0 Å². The highest BCUT2D eigenvalue weighted by Gasteiger charge is 2.36. The van der Waals surface area contributed by atoms with Crippen molar-refractivity contribution in [2.45, 2.75) is 489 Å². The largest absolute Gasteiger partial charge is 0.550 e. The van der Waals surface area contributed by atoms with Crippen molar-refractivity contribution >= 4 is 5.97 Å². The Labute approximate surface area is 536 Å². The van der Waals surface area contributed by atoms with E-state index in [4.69, 9.17) is 0 Å². The van der Waals surface area contributed by atoms with Crippen molar-refractivity contribution < 1.29 is 15.0 Å². The molecule has 1 N–H and O–H groups in total. The van der Waals surface area contributed by atoms with Gasteiger partial charge in [-0.2, -0.15) is 0 Å². The summed E-state index contributed by atoms with van der Waals surface area (Å²) in [6.45, 7) is 4.61. The van der Waals surface area contributed by atoms with E-state index in [1.165, 1.54) is 398 Å². The normalized spacial score (nSPS) is 17.3. The number of aliphatic hydroxyl groups excluding tert-OH is 1. The Hall–Kier alpha value is -0.570. The Morgan fingerprint density at radius 1 is 0.259 bits per heavy atom. The first kappa shape index (κ1) is 80.5. The molecule has 85 heavy (non-hydrogen) atoms. The minimum absolute atomic E-state index is 0.573. The van der Waals surface area contributed by atoms with Gasteiger partial charge in [0.15, 0.2) is 0 Å². The Morgan fingerprint density at radius 2 is 0.412 bits per heavy atom. The molecule has 0 saturated heterocycles. The summed E-state index contributed by atoms with van der Waals surface area (Å²) in [6, 6.07) is 0. The summed E-state index contributed by atoms with van der Waals surface area (Å²) >= 11 is 0. The van der Waals surface area contributed by atoms with Gasteiger partial charge >= 0.3 is 0 Å². The number of carbonyl (C=O) groups is 1. The van der Waals surface area contributed by atoms with Crippen LogP contribution < -0.4 is 5.11 Å². The molecule has 0 aliphatic heterocycles. The van der Waals surface area contributed by atoms with Crippen LogP contribution in [0.1, 0.15) is 483 Å². The van der Waals surface area contributed by atoms with E-state index >= 15 is 0 Å². The van der Waals surface area contributed by atoms with Crippen LogP contribution in [0, 0.1) is 29.6 Å². The molecular formula is C82H159O3-. The number of aliphatic hydroxyl groups is 1. The zero-order chi connectivity index (χ0) is 60.7. The van der Waals surface area contributed by atoms with Crippen LogP contribution in [0.25, 0.3) is 0 Å². The van der Waals surface area contributed by atoms with Crippen LogP contribution >= 0.6 is 0 Å². The summed E-state index contributed by atoms with van der Waals surface area (Å²) in [5.41, 5.74) is 0. The summed E-state index contributed by atoms with van der Waals surface area (Å²) in [5, 5.41) is 22.5. The van der Waals surface area contributed by atoms with Crippen LogP contribution in [0.4, 0.5) is 0 Å². The van der Waals surface area contributed by atoms with Gasteiger partial charge < -0.3 is 15.0 Å². The fraction of sp³-hybridized carbons (Fsp3) is 0.988. The first-order valence-electron chi connectivity index (χ1n) is 41.0. The molecule has 0 amide bonds. The van der Waals surface area contributed by atoms with Gasteiger partial charge in [0.05, 0.1) is 6.10 Å². The molecule has 0 aromatic carbocycles. The van der Waals surface area contributed by atoms with Gasteiger partial charge in [0.2, 0.25) is 0 Å². The number of carboxylic acids is 1. The lowest BCUT2D eigenvalue weighted by atomic mass is 9.91. The standard InChI is InChI=1S/C82H160O3/c1-3-5-7-9-11-13-15-17-19-21-22-23-24-27-30-34-38-42-46-54-60-66-72-80(82(84)85)81(83)73-67-61-55-47-43-39-35-31-28-25-26-29-33-37-41-45-51-57-63-69-77-75-79(77)71-65-59-53-49-48-52-58-64-70-78-74-76(78)68-62-56-50-44-40-36-32-20-18-16-14-12-10-8-6-4-2/h76-81,83H,3-75H2,1-2H3,(H,84,85)/p-1/t76?,77?,78?,79?,80-,81-/m1/s1. The first-order chi connectivity index (χ1) is 42.1. The maximum Gasteiger partial charge on any atom is 0.0620 e. The third-order valence-electron chi connectivity index (χ3n) is 21.7. The molecule has 2 aliphatic carbocycles. The molecule has 0 bridgehead atoms. The van der Waals surface area contributed by atoms with Crippen LogP contribution in [0.2, 0.25) is 0 Å². The van der Waals surface area contributed by atoms with E-state index in [-0.39, 0.29) is 0 Å². The second kappa shape index (κ2) is 64.9. The number of hydrogen-bond acceptors (Lipinski definition) is 3. The number of carboxylic acid groups (broad SMARTS) is 1. The van der Waals surface area contributed by atoms with E-state index < -0.39 is 18.0 Å². The lowest BCUT2D eigenvalue weighted by molar-refractivity contribution is -0.314. The van der Waals surface area contributed by atoms with E-state index in [1.54, 1.807) is 32.1 Å². The Bertz CT molecular complexity index is 1300. The van der Waals surface area contributed by atoms with E-state index in [1.807, 2.05) is 0 Å². The van der Waals surface area contributed by atoms with E-state index in [0.29, 0.717) is 12.8 Å². The van der Waals surface area contributed by atoms with E-state index in [0.717, 1.165) is 49.4 Å². The lowest BCUT2D eigenvalue weighted by Crippen LogP contribution is -2.38. The predicted octanol–water partition coefficient (Wildman–Crippen LogP) is 27.7. The lowest BCUT2D eigenvalue weighted by Gasteiger charge is -2.24. The first-order valence-corrected chi connectivity index (χ1v) is 41.0. The van der Waals surface area contributed by atoms with Gasteiger partial charge in [-0.15, -0.1) is 0 Å². The van der Waals surface area contributed by atoms with Crippen LogP contribution in [-0.2, 0) is 4.79 Å². The summed E-state index contributed by atoms with van der Waals surface area (Å²) in [6.07, 6.45) is 101. The minimum Gasteiger partial charge on any atom is -0.550 e. The highest BCUT2D eigenvalue weighted by atomic mass is 16.4. The molecule has 3 nitrogen and oxygen atoms in total. The topological polar surface area (TPSA) is 60.4 Å². The molecule has 4 unspecified atom stereocenters. The number of aliphatic carboxylic acids is 1. The van der Waals surface area contributed by atoms with Gasteiger partial charge in [0.1, 0.15) is 0 Å². The van der Waals surface area contributed by atoms with Crippen molar-refractivity contribution in [3.63, 3.8) is 0 Å². The Kier molecular flexibility index (Phi) is 61.5. The van der Waals surface area contributed by atoms with Crippen molar-refractivity contribution in [2.75, 3.05) is 0 Å². The van der Waals surface area contributed by atoms with Crippen molar-refractivity contribution in [2.24, 2.45) is 29.6 Å². The van der Waals surface area contributed by atoms with Crippen LogP contribution in [0.3, 0.4) is 0 Å². The molecule has 0 aromatic rings. The minimum atomic E-state index is -1.05. The molecule has 0 aromatic heterocycles. The molecule has 0 heterocycles. The number of carbonyl (C=O) groups excluding carboxylic acids is 1. The highest BCUT2D eigenvalue weighted by molar-refractivity contribution is 5.68. The molecular weight excluding hydrogens is 1030 g/mol. The molecule has 2 saturated carbocycles. The van der Waals surface area contributed by atoms with Gasteiger partial charge in [0, 0.05) is 11.9 Å². The number of hydrogen-bond donors (Lipinski definition) is 1. The maximum atomic E-state index is 11.9. The Morgan fingerprint density at radius 3 is 0.588 bits per heavy atom. The van der Waals surface area contributed by atoms with Gasteiger partial charge in [0.25, 0.3) is 0 Å². The van der Waals surface area contributed by atoms with Crippen molar-refractivity contribution in [3.05, 3.63) is 0 Å². The zero-order valence-electron chi connectivity index (χ0n) is 58.8. The fourth-order valence-electron chi connectivity index (χ4n) is 15.3. The summed E-state index contributed by atoms with van der Waals surface area (Å²) in [7, 11) is 0. The van der Waals surface area contributed by atoms with Gasteiger partial charge in [-0.05, 0) is 49.4 Å². The van der Waals surface area contributed by atoms with Crippen molar-refractivity contribution in [3.8, 4) is 0 Å². The number of rotatable bonds is 75. The summed E-state index contributed by atoms with van der Waals surface area (Å²) in [4.78, 5) is 11.9. The van der Waals surface area contributed by atoms with Crippen LogP contribution in [0.5, 0.6) is 0 Å². The monoisotopic (exact) mass is 1190 g/mol. The third-order valence-corrected chi connectivity index (χ3v) is 21.7. The second-order valence-electron chi connectivity index (χ2n) is 30.0. The second-order valence-corrected chi connectivity index (χ2v) is 30.0. The molecule has 2 aliphatic rings. The average molecular weight is 1190 g/mol.